The molecule has 4 nitrogen and oxygen atoms in total. The molecule has 1 atom stereocenters. The van der Waals surface area contributed by atoms with Crippen molar-refractivity contribution >= 4 is 5.91 Å². The normalized spacial score (nSPS) is 18.5. The Hall–Kier alpha value is -0.610. The van der Waals surface area contributed by atoms with Crippen LogP contribution in [0.25, 0.3) is 0 Å². The van der Waals surface area contributed by atoms with Crippen LogP contribution in [0, 0.1) is 11.8 Å². The van der Waals surface area contributed by atoms with E-state index in [2.05, 4.69) is 37.9 Å². The van der Waals surface area contributed by atoms with Gasteiger partial charge in [-0.25, -0.2) is 0 Å². The summed E-state index contributed by atoms with van der Waals surface area (Å²) in [5, 5.41) is 3.83. The van der Waals surface area contributed by atoms with Gasteiger partial charge in [0.1, 0.15) is 0 Å². The highest BCUT2D eigenvalue weighted by Crippen LogP contribution is 2.18. The van der Waals surface area contributed by atoms with Gasteiger partial charge in [0, 0.05) is 6.04 Å². The van der Waals surface area contributed by atoms with Crippen LogP contribution in [0.3, 0.4) is 0 Å². The minimum absolute atomic E-state index is 0.00781. The minimum atomic E-state index is -0.129. The summed E-state index contributed by atoms with van der Waals surface area (Å²) in [6.07, 6.45) is 15.0. The molecule has 1 saturated heterocycles. The lowest BCUT2D eigenvalue weighted by Crippen LogP contribution is -2.47. The van der Waals surface area contributed by atoms with E-state index in [1.54, 1.807) is 0 Å². The van der Waals surface area contributed by atoms with E-state index >= 15 is 0 Å². The Balaban J connectivity index is 2.08. The third-order valence-corrected chi connectivity index (χ3v) is 6.18. The van der Waals surface area contributed by atoms with Crippen LogP contribution in [0.15, 0.2) is 0 Å². The molecule has 0 aliphatic carbocycles. The van der Waals surface area contributed by atoms with Crippen LogP contribution in [0.2, 0.25) is 0 Å². The molecule has 1 aliphatic rings. The van der Waals surface area contributed by atoms with Gasteiger partial charge < -0.3 is 11.1 Å². The predicted octanol–water partition coefficient (Wildman–Crippen LogP) is 5.11. The maximum absolute atomic E-state index is 11.6. The number of hydrogen-bond acceptors (Lipinski definition) is 3. The van der Waals surface area contributed by atoms with E-state index in [9.17, 15) is 4.79 Å². The Kier molecular flexibility index (Phi) is 13.9. The Morgan fingerprint density at radius 2 is 1.54 bits per heavy atom. The molecule has 166 valence electrons. The first-order valence-corrected chi connectivity index (χ1v) is 12.2. The van der Waals surface area contributed by atoms with E-state index in [-0.39, 0.29) is 11.9 Å². The van der Waals surface area contributed by atoms with Gasteiger partial charge in [-0.05, 0) is 82.8 Å². The lowest BCUT2D eigenvalue weighted by molar-refractivity contribution is -0.124. The van der Waals surface area contributed by atoms with Crippen LogP contribution in [-0.4, -0.2) is 42.5 Å². The first-order chi connectivity index (χ1) is 13.4. The number of amides is 1. The molecule has 1 amide bonds. The highest BCUT2D eigenvalue weighted by atomic mass is 16.1. The van der Waals surface area contributed by atoms with E-state index in [0.29, 0.717) is 6.04 Å². The number of hydrogen-bond donors (Lipinski definition) is 2. The maximum Gasteiger partial charge on any atom is 0.234 e. The predicted molar refractivity (Wildman–Crippen MR) is 121 cm³/mol. The fourth-order valence-corrected chi connectivity index (χ4v) is 4.27. The summed E-state index contributed by atoms with van der Waals surface area (Å²) in [5.74, 6) is 1.48. The molecule has 3 N–H and O–H groups in total. The van der Waals surface area contributed by atoms with Gasteiger partial charge in [-0.15, -0.1) is 0 Å². The molecule has 28 heavy (non-hydrogen) atoms. The number of carbonyl (C=O) groups is 1. The number of unbranched alkanes of at least 4 members (excludes halogenated alkanes) is 4. The number of primary amides is 1. The molecule has 0 bridgehead atoms. The maximum atomic E-state index is 11.6. The van der Waals surface area contributed by atoms with Crippen molar-refractivity contribution in [1.82, 2.24) is 10.2 Å². The molecule has 0 saturated carbocycles. The summed E-state index contributed by atoms with van der Waals surface area (Å²) in [5.41, 5.74) is 5.56. The van der Waals surface area contributed by atoms with E-state index < -0.39 is 0 Å². The zero-order valence-electron chi connectivity index (χ0n) is 19.3. The molecule has 1 fully saturated rings. The van der Waals surface area contributed by atoms with Crippen molar-refractivity contribution < 1.29 is 4.79 Å². The Bertz CT molecular complexity index is 385. The summed E-state index contributed by atoms with van der Waals surface area (Å²) < 4.78 is 0. The second kappa shape index (κ2) is 15.3. The third-order valence-electron chi connectivity index (χ3n) is 6.18. The number of nitrogens with one attached hydrogen (secondary N) is 1. The molecular formula is C24H49N3O. The van der Waals surface area contributed by atoms with Gasteiger partial charge in [0.25, 0.3) is 0 Å². The number of likely N-dealkylation sites (tertiary alicyclic amines) is 1. The van der Waals surface area contributed by atoms with Crippen LogP contribution in [-0.2, 0) is 4.79 Å². The molecule has 1 rings (SSSR count). The quantitative estimate of drug-likeness (QED) is 0.357. The number of rotatable bonds is 16. The number of carbonyl (C=O) groups excluding carboxylic acids is 1. The molecule has 1 unspecified atom stereocenters. The van der Waals surface area contributed by atoms with Crippen molar-refractivity contribution in [3.05, 3.63) is 0 Å². The topological polar surface area (TPSA) is 58.4 Å². The Morgan fingerprint density at radius 3 is 2.14 bits per heavy atom. The Labute approximate surface area is 175 Å². The number of nitrogens with two attached hydrogens (primary N) is 1. The SMILES string of the molecule is CC(C)CCC(CCC(C)C)NCCCCCCCN1CCCCC1C(N)=O. The molecule has 4 heteroatoms. The van der Waals surface area contributed by atoms with Crippen LogP contribution in [0.4, 0.5) is 0 Å². The highest BCUT2D eigenvalue weighted by molar-refractivity contribution is 5.79. The summed E-state index contributed by atoms with van der Waals surface area (Å²) in [6, 6.07) is 0.696. The van der Waals surface area contributed by atoms with Crippen molar-refractivity contribution in [3.8, 4) is 0 Å². The van der Waals surface area contributed by atoms with Gasteiger partial charge in [-0.3, -0.25) is 9.69 Å². The van der Waals surface area contributed by atoms with Gasteiger partial charge >= 0.3 is 0 Å². The zero-order chi connectivity index (χ0) is 20.8. The van der Waals surface area contributed by atoms with E-state index in [0.717, 1.165) is 44.3 Å². The molecule has 0 radical (unpaired) electrons. The van der Waals surface area contributed by atoms with Gasteiger partial charge in [-0.1, -0.05) is 53.4 Å². The zero-order valence-corrected chi connectivity index (χ0v) is 19.3. The van der Waals surface area contributed by atoms with Crippen molar-refractivity contribution in [1.29, 1.82) is 0 Å². The first kappa shape index (κ1) is 25.4. The summed E-state index contributed by atoms with van der Waals surface area (Å²) in [6.45, 7) is 12.6. The van der Waals surface area contributed by atoms with Crippen molar-refractivity contribution in [2.45, 2.75) is 117 Å². The molecule has 1 heterocycles. The first-order valence-electron chi connectivity index (χ1n) is 12.2. The van der Waals surface area contributed by atoms with Crippen LogP contribution >= 0.6 is 0 Å². The average Bonchev–Trinajstić information content (AvgIpc) is 2.65. The van der Waals surface area contributed by atoms with Crippen LogP contribution in [0.1, 0.15) is 105 Å². The second-order valence-corrected chi connectivity index (χ2v) is 9.81. The Morgan fingerprint density at radius 1 is 0.929 bits per heavy atom. The largest absolute Gasteiger partial charge is 0.368 e. The fraction of sp³-hybridized carbons (Fsp3) is 0.958. The van der Waals surface area contributed by atoms with Crippen LogP contribution < -0.4 is 11.1 Å². The minimum Gasteiger partial charge on any atom is -0.368 e. The summed E-state index contributed by atoms with van der Waals surface area (Å²) >= 11 is 0. The average molecular weight is 396 g/mol. The molecule has 0 aromatic rings. The summed E-state index contributed by atoms with van der Waals surface area (Å²) in [4.78, 5) is 13.9. The monoisotopic (exact) mass is 395 g/mol. The van der Waals surface area contributed by atoms with E-state index in [1.807, 2.05) is 0 Å². The molecular weight excluding hydrogens is 346 g/mol. The lowest BCUT2D eigenvalue weighted by Gasteiger charge is -2.33. The highest BCUT2D eigenvalue weighted by Gasteiger charge is 2.25. The molecule has 0 spiro atoms. The van der Waals surface area contributed by atoms with Crippen molar-refractivity contribution in [3.63, 3.8) is 0 Å². The van der Waals surface area contributed by atoms with Gasteiger partial charge in [0.15, 0.2) is 0 Å². The second-order valence-electron chi connectivity index (χ2n) is 9.81. The number of piperidine rings is 1. The van der Waals surface area contributed by atoms with Crippen molar-refractivity contribution in [2.24, 2.45) is 17.6 Å². The molecule has 0 aromatic carbocycles. The van der Waals surface area contributed by atoms with Crippen molar-refractivity contribution in [2.75, 3.05) is 19.6 Å². The van der Waals surface area contributed by atoms with Crippen LogP contribution in [0.5, 0.6) is 0 Å². The van der Waals surface area contributed by atoms with Gasteiger partial charge in [0.2, 0.25) is 5.91 Å². The standard InChI is InChI=1S/C24H49N3O/c1-20(2)13-15-22(16-14-21(3)4)26-17-9-6-5-7-10-18-27-19-11-8-12-23(27)24(25)28/h20-23,26H,5-19H2,1-4H3,(H2,25,28). The van der Waals surface area contributed by atoms with E-state index in [4.69, 9.17) is 5.73 Å². The third kappa shape index (κ3) is 12.1. The number of nitrogens with zero attached hydrogens (tertiary/aromatic N) is 1. The molecule has 1 aliphatic heterocycles. The van der Waals surface area contributed by atoms with E-state index in [1.165, 1.54) is 64.2 Å². The smallest absolute Gasteiger partial charge is 0.234 e. The summed E-state index contributed by atoms with van der Waals surface area (Å²) in [7, 11) is 0. The van der Waals surface area contributed by atoms with Gasteiger partial charge in [0.05, 0.1) is 6.04 Å². The van der Waals surface area contributed by atoms with Gasteiger partial charge in [-0.2, -0.15) is 0 Å². The lowest BCUT2D eigenvalue weighted by atomic mass is 9.96. The molecule has 0 aromatic heterocycles. The fourth-order valence-electron chi connectivity index (χ4n) is 4.27.